The van der Waals surface area contributed by atoms with Crippen LogP contribution in [0.15, 0.2) is 18.2 Å². The molecule has 0 fully saturated rings. The molecule has 0 heterocycles. The van der Waals surface area contributed by atoms with Gasteiger partial charge in [-0.15, -0.1) is 0 Å². The van der Waals surface area contributed by atoms with Crippen molar-refractivity contribution in [3.8, 4) is 5.75 Å². The summed E-state index contributed by atoms with van der Waals surface area (Å²) in [6.45, 7) is 4.69. The standard InChI is InChI=1S/C15H25N3O3/c1-5-21-13-7-6-11(8-12(13)16)14(19)17-9-15(2,20)10-18(3)4/h6-8,20H,5,9-10,16H2,1-4H3,(H,17,19). The smallest absolute Gasteiger partial charge is 0.251 e. The summed E-state index contributed by atoms with van der Waals surface area (Å²) >= 11 is 0. The van der Waals surface area contributed by atoms with Crippen LogP contribution in [0.5, 0.6) is 5.75 Å². The zero-order valence-corrected chi connectivity index (χ0v) is 13.1. The van der Waals surface area contributed by atoms with Crippen LogP contribution < -0.4 is 15.8 Å². The maximum absolute atomic E-state index is 12.1. The Balaban J connectivity index is 2.66. The van der Waals surface area contributed by atoms with Crippen LogP contribution in [0.25, 0.3) is 0 Å². The van der Waals surface area contributed by atoms with Gasteiger partial charge in [-0.25, -0.2) is 0 Å². The number of carbonyl (C=O) groups excluding carboxylic acids is 1. The molecule has 1 rings (SSSR count). The van der Waals surface area contributed by atoms with E-state index in [9.17, 15) is 9.90 Å². The number of ether oxygens (including phenoxy) is 1. The van der Waals surface area contributed by atoms with Gasteiger partial charge in [-0.05, 0) is 46.1 Å². The van der Waals surface area contributed by atoms with Crippen LogP contribution in [0.2, 0.25) is 0 Å². The molecule has 0 aliphatic heterocycles. The van der Waals surface area contributed by atoms with Gasteiger partial charge in [-0.3, -0.25) is 4.79 Å². The van der Waals surface area contributed by atoms with E-state index in [1.165, 1.54) is 0 Å². The van der Waals surface area contributed by atoms with Crippen LogP contribution in [0, 0.1) is 0 Å². The Kier molecular flexibility index (Phi) is 5.99. The molecule has 6 nitrogen and oxygen atoms in total. The first kappa shape index (κ1) is 17.3. The van der Waals surface area contributed by atoms with Crippen molar-refractivity contribution in [2.24, 2.45) is 0 Å². The quantitative estimate of drug-likeness (QED) is 0.645. The molecule has 21 heavy (non-hydrogen) atoms. The lowest BCUT2D eigenvalue weighted by atomic mass is 10.1. The van der Waals surface area contributed by atoms with Crippen LogP contribution in [-0.2, 0) is 0 Å². The third kappa shape index (κ3) is 5.61. The van der Waals surface area contributed by atoms with Gasteiger partial charge in [0.25, 0.3) is 5.91 Å². The number of nitrogens with two attached hydrogens (primary N) is 1. The van der Waals surface area contributed by atoms with Crippen LogP contribution in [0.3, 0.4) is 0 Å². The molecule has 0 bridgehead atoms. The number of likely N-dealkylation sites (N-methyl/N-ethyl adjacent to an activating group) is 1. The highest BCUT2D eigenvalue weighted by atomic mass is 16.5. The van der Waals surface area contributed by atoms with Crippen molar-refractivity contribution < 1.29 is 14.6 Å². The van der Waals surface area contributed by atoms with Crippen LogP contribution in [0.4, 0.5) is 5.69 Å². The molecule has 6 heteroatoms. The summed E-state index contributed by atoms with van der Waals surface area (Å²) in [7, 11) is 3.73. The summed E-state index contributed by atoms with van der Waals surface area (Å²) < 4.78 is 5.33. The van der Waals surface area contributed by atoms with E-state index in [1.807, 2.05) is 25.9 Å². The number of hydrogen-bond acceptors (Lipinski definition) is 5. The highest BCUT2D eigenvalue weighted by Crippen LogP contribution is 2.22. The second-order valence-corrected chi connectivity index (χ2v) is 5.60. The number of hydrogen-bond donors (Lipinski definition) is 3. The van der Waals surface area contributed by atoms with E-state index < -0.39 is 5.60 Å². The minimum Gasteiger partial charge on any atom is -0.492 e. The molecule has 0 saturated heterocycles. The number of amides is 1. The molecule has 0 aliphatic carbocycles. The fourth-order valence-corrected chi connectivity index (χ4v) is 2.09. The van der Waals surface area contributed by atoms with Gasteiger partial charge in [0.2, 0.25) is 0 Å². The molecule has 0 spiro atoms. The van der Waals surface area contributed by atoms with Crippen molar-refractivity contribution in [1.29, 1.82) is 0 Å². The lowest BCUT2D eigenvalue weighted by molar-refractivity contribution is 0.0326. The van der Waals surface area contributed by atoms with Crippen molar-refractivity contribution in [2.45, 2.75) is 19.4 Å². The lowest BCUT2D eigenvalue weighted by Gasteiger charge is -2.27. The Bertz CT molecular complexity index is 487. The first-order valence-corrected chi connectivity index (χ1v) is 6.93. The molecule has 1 aromatic carbocycles. The number of nitrogens with one attached hydrogen (secondary N) is 1. The molecule has 4 N–H and O–H groups in total. The molecule has 0 radical (unpaired) electrons. The summed E-state index contributed by atoms with van der Waals surface area (Å²) in [5.41, 5.74) is 5.70. The highest BCUT2D eigenvalue weighted by Gasteiger charge is 2.22. The first-order chi connectivity index (χ1) is 9.75. The summed E-state index contributed by atoms with van der Waals surface area (Å²) in [5.74, 6) is 0.289. The van der Waals surface area contributed by atoms with E-state index in [0.29, 0.717) is 30.2 Å². The number of nitrogen functional groups attached to an aromatic ring is 1. The number of rotatable bonds is 7. The molecular weight excluding hydrogens is 270 g/mol. The Hall–Kier alpha value is -1.79. The zero-order chi connectivity index (χ0) is 16.0. The fourth-order valence-electron chi connectivity index (χ4n) is 2.09. The fraction of sp³-hybridized carbons (Fsp3) is 0.533. The second kappa shape index (κ2) is 7.28. The van der Waals surface area contributed by atoms with Crippen molar-refractivity contribution in [3.63, 3.8) is 0 Å². The van der Waals surface area contributed by atoms with E-state index in [-0.39, 0.29) is 12.5 Å². The third-order valence-electron chi connectivity index (χ3n) is 2.86. The van der Waals surface area contributed by atoms with Gasteiger partial charge in [-0.2, -0.15) is 0 Å². The first-order valence-electron chi connectivity index (χ1n) is 6.93. The van der Waals surface area contributed by atoms with E-state index in [4.69, 9.17) is 10.5 Å². The van der Waals surface area contributed by atoms with Crippen LogP contribution in [-0.4, -0.2) is 55.3 Å². The molecule has 1 amide bonds. The number of carbonyl (C=O) groups is 1. The second-order valence-electron chi connectivity index (χ2n) is 5.60. The Morgan fingerprint density at radius 3 is 2.67 bits per heavy atom. The normalized spacial score (nSPS) is 13.8. The Morgan fingerprint density at radius 1 is 1.48 bits per heavy atom. The third-order valence-corrected chi connectivity index (χ3v) is 2.86. The summed E-state index contributed by atoms with van der Waals surface area (Å²) in [4.78, 5) is 13.9. The SMILES string of the molecule is CCOc1ccc(C(=O)NCC(C)(O)CN(C)C)cc1N. The molecule has 118 valence electrons. The topological polar surface area (TPSA) is 87.8 Å². The van der Waals surface area contributed by atoms with Crippen molar-refractivity contribution >= 4 is 11.6 Å². The monoisotopic (exact) mass is 295 g/mol. The van der Waals surface area contributed by atoms with Crippen molar-refractivity contribution in [3.05, 3.63) is 23.8 Å². The molecule has 0 aliphatic rings. The maximum Gasteiger partial charge on any atom is 0.251 e. The zero-order valence-electron chi connectivity index (χ0n) is 13.1. The average Bonchev–Trinajstić information content (AvgIpc) is 2.37. The minimum absolute atomic E-state index is 0.164. The number of benzene rings is 1. The largest absolute Gasteiger partial charge is 0.492 e. The van der Waals surface area contributed by atoms with E-state index in [1.54, 1.807) is 25.1 Å². The van der Waals surface area contributed by atoms with Crippen LogP contribution >= 0.6 is 0 Å². The van der Waals surface area contributed by atoms with Crippen molar-refractivity contribution in [2.75, 3.05) is 39.5 Å². The van der Waals surface area contributed by atoms with E-state index in [0.717, 1.165) is 0 Å². The predicted molar refractivity (Wildman–Crippen MR) is 83.5 cm³/mol. The molecule has 0 aromatic heterocycles. The van der Waals surface area contributed by atoms with Gasteiger partial charge in [0.05, 0.1) is 17.9 Å². The van der Waals surface area contributed by atoms with Gasteiger partial charge in [0.1, 0.15) is 5.75 Å². The predicted octanol–water partition coefficient (Wildman–Crippen LogP) is 0.710. The summed E-state index contributed by atoms with van der Waals surface area (Å²) in [6, 6.07) is 4.89. The number of anilines is 1. The van der Waals surface area contributed by atoms with Gasteiger partial charge in [-0.1, -0.05) is 0 Å². The maximum atomic E-state index is 12.1. The van der Waals surface area contributed by atoms with Gasteiger partial charge < -0.3 is 25.8 Å². The Morgan fingerprint density at radius 2 is 2.14 bits per heavy atom. The Labute approximate surface area is 125 Å². The number of nitrogens with zero attached hydrogens (tertiary/aromatic N) is 1. The molecule has 1 aromatic rings. The van der Waals surface area contributed by atoms with Gasteiger partial charge >= 0.3 is 0 Å². The van der Waals surface area contributed by atoms with Crippen molar-refractivity contribution in [1.82, 2.24) is 10.2 Å². The molecule has 1 unspecified atom stereocenters. The molecule has 0 saturated carbocycles. The van der Waals surface area contributed by atoms with E-state index >= 15 is 0 Å². The van der Waals surface area contributed by atoms with Gasteiger partial charge in [0.15, 0.2) is 0 Å². The summed E-state index contributed by atoms with van der Waals surface area (Å²) in [6.07, 6.45) is 0. The van der Waals surface area contributed by atoms with Gasteiger partial charge in [0, 0.05) is 18.7 Å². The highest BCUT2D eigenvalue weighted by molar-refractivity contribution is 5.95. The molecule has 1 atom stereocenters. The number of aliphatic hydroxyl groups is 1. The average molecular weight is 295 g/mol. The lowest BCUT2D eigenvalue weighted by Crippen LogP contribution is -2.47. The van der Waals surface area contributed by atoms with E-state index in [2.05, 4.69) is 5.32 Å². The van der Waals surface area contributed by atoms with Crippen LogP contribution in [0.1, 0.15) is 24.2 Å². The summed E-state index contributed by atoms with van der Waals surface area (Å²) in [5, 5.41) is 12.9. The molecular formula is C15H25N3O3. The minimum atomic E-state index is -0.990.